The lowest BCUT2D eigenvalue weighted by atomic mass is 10.1. The topological polar surface area (TPSA) is 129 Å². The fraction of sp³-hybridized carbons (Fsp3) is 0.333. The Morgan fingerprint density at radius 2 is 1.44 bits per heavy atom. The number of aliphatic carboxylic acids is 2. The van der Waals surface area contributed by atoms with Crippen molar-refractivity contribution in [3.63, 3.8) is 0 Å². The number of alkyl halides is 6. The van der Waals surface area contributed by atoms with Crippen LogP contribution in [0.2, 0.25) is 0 Å². The standard InChI is InChI=1S/C20H22FN3O2S.2C2HF3O2/c21-17-13-16(15-23-10-4-8-22-9-12-23)19-7-11-24(20(19)14-17)27(25,26)18-5-2-1-3-6-18;2*3-2(4,5)1(6)7/h1-3,5-7,11,13-14,22H,4,8-10,12,15H2;2*(H,6,7). The minimum Gasteiger partial charge on any atom is -0.475 e. The number of carbonyl (C=O) groups is 2. The summed E-state index contributed by atoms with van der Waals surface area (Å²) < 4.78 is 105. The van der Waals surface area contributed by atoms with Crippen molar-refractivity contribution in [2.24, 2.45) is 0 Å². The second kappa shape index (κ2) is 13.8. The van der Waals surface area contributed by atoms with Crippen molar-refractivity contribution in [3.05, 3.63) is 66.1 Å². The van der Waals surface area contributed by atoms with Crippen LogP contribution >= 0.6 is 0 Å². The molecule has 0 unspecified atom stereocenters. The molecule has 0 atom stereocenters. The number of nitrogens with one attached hydrogen (secondary N) is 1. The van der Waals surface area contributed by atoms with Crippen LogP contribution < -0.4 is 5.32 Å². The largest absolute Gasteiger partial charge is 0.490 e. The van der Waals surface area contributed by atoms with E-state index < -0.39 is 40.1 Å². The van der Waals surface area contributed by atoms with Gasteiger partial charge in [0, 0.05) is 31.2 Å². The fourth-order valence-electron chi connectivity index (χ4n) is 3.60. The predicted molar refractivity (Wildman–Crippen MR) is 131 cm³/mol. The lowest BCUT2D eigenvalue weighted by Crippen LogP contribution is -2.27. The van der Waals surface area contributed by atoms with Gasteiger partial charge in [0.25, 0.3) is 10.0 Å². The van der Waals surface area contributed by atoms with Gasteiger partial charge in [-0.25, -0.2) is 26.4 Å². The van der Waals surface area contributed by atoms with E-state index in [0.717, 1.165) is 43.5 Å². The summed E-state index contributed by atoms with van der Waals surface area (Å²) in [5.74, 6) is -5.94. The Morgan fingerprint density at radius 3 is 1.98 bits per heavy atom. The number of carboxylic acids is 2. The first kappa shape index (κ1) is 33.5. The van der Waals surface area contributed by atoms with Gasteiger partial charge in [0.05, 0.1) is 10.4 Å². The summed E-state index contributed by atoms with van der Waals surface area (Å²) in [7, 11) is -3.77. The average molecular weight is 616 g/mol. The molecular weight excluding hydrogens is 591 g/mol. The maximum Gasteiger partial charge on any atom is 0.490 e. The highest BCUT2D eigenvalue weighted by atomic mass is 32.2. The summed E-state index contributed by atoms with van der Waals surface area (Å²) in [5, 5.41) is 18.4. The van der Waals surface area contributed by atoms with Gasteiger partial charge in [-0.3, -0.25) is 4.90 Å². The number of halogens is 7. The summed E-state index contributed by atoms with van der Waals surface area (Å²) in [6.45, 7) is 4.32. The Morgan fingerprint density at radius 1 is 0.878 bits per heavy atom. The van der Waals surface area contributed by atoms with Gasteiger partial charge in [0.1, 0.15) is 5.82 Å². The zero-order valence-electron chi connectivity index (χ0n) is 20.9. The van der Waals surface area contributed by atoms with Gasteiger partial charge in [0.2, 0.25) is 0 Å². The molecule has 0 radical (unpaired) electrons. The zero-order chi connectivity index (χ0) is 31.0. The zero-order valence-corrected chi connectivity index (χ0v) is 21.7. The number of hydrogen-bond donors (Lipinski definition) is 3. The fourth-order valence-corrected chi connectivity index (χ4v) is 4.96. The van der Waals surface area contributed by atoms with Crippen molar-refractivity contribution in [1.29, 1.82) is 0 Å². The monoisotopic (exact) mass is 615 g/mol. The molecule has 0 spiro atoms. The highest BCUT2D eigenvalue weighted by Crippen LogP contribution is 2.27. The van der Waals surface area contributed by atoms with Crippen LogP contribution in [0.25, 0.3) is 10.9 Å². The summed E-state index contributed by atoms with van der Waals surface area (Å²) in [6, 6.07) is 12.8. The van der Waals surface area contributed by atoms with Crippen LogP contribution in [0.1, 0.15) is 12.0 Å². The molecule has 3 aromatic rings. The summed E-state index contributed by atoms with van der Waals surface area (Å²) >= 11 is 0. The van der Waals surface area contributed by atoms with Crippen LogP contribution in [0.3, 0.4) is 0 Å². The van der Waals surface area contributed by atoms with E-state index in [0.29, 0.717) is 12.1 Å². The molecular formula is C24H24F7N3O6S. The molecule has 4 rings (SSSR count). The Labute approximate surface area is 228 Å². The van der Waals surface area contributed by atoms with Gasteiger partial charge in [-0.15, -0.1) is 0 Å². The van der Waals surface area contributed by atoms with E-state index in [1.165, 1.54) is 22.3 Å². The van der Waals surface area contributed by atoms with E-state index in [9.17, 15) is 39.2 Å². The number of rotatable bonds is 4. The third-order valence-electron chi connectivity index (χ3n) is 5.43. The van der Waals surface area contributed by atoms with E-state index >= 15 is 0 Å². The smallest absolute Gasteiger partial charge is 0.475 e. The molecule has 3 N–H and O–H groups in total. The molecule has 17 heteroatoms. The molecule has 2 aromatic carbocycles. The number of benzene rings is 2. The van der Waals surface area contributed by atoms with Crippen molar-refractivity contribution in [3.8, 4) is 0 Å². The quantitative estimate of drug-likeness (QED) is 0.375. The predicted octanol–water partition coefficient (Wildman–Crippen LogP) is 4.08. The van der Waals surface area contributed by atoms with E-state index in [2.05, 4.69) is 10.2 Å². The van der Waals surface area contributed by atoms with Gasteiger partial charge in [-0.2, -0.15) is 26.3 Å². The molecule has 0 amide bonds. The molecule has 0 aliphatic carbocycles. The van der Waals surface area contributed by atoms with Crippen LogP contribution in [0.5, 0.6) is 0 Å². The highest BCUT2D eigenvalue weighted by Gasteiger charge is 2.38. The van der Waals surface area contributed by atoms with E-state index in [1.54, 1.807) is 36.4 Å². The number of aromatic nitrogens is 1. The summed E-state index contributed by atoms with van der Waals surface area (Å²) in [6.07, 6.45) is -7.61. The van der Waals surface area contributed by atoms with E-state index in [4.69, 9.17) is 19.8 Å². The van der Waals surface area contributed by atoms with Crippen molar-refractivity contribution in [2.75, 3.05) is 26.2 Å². The molecule has 41 heavy (non-hydrogen) atoms. The van der Waals surface area contributed by atoms with Gasteiger partial charge < -0.3 is 15.5 Å². The van der Waals surface area contributed by atoms with Crippen molar-refractivity contribution in [1.82, 2.24) is 14.2 Å². The molecule has 2 heterocycles. The SMILES string of the molecule is O=C(O)C(F)(F)F.O=C(O)C(F)(F)F.O=S(=O)(c1ccccc1)n1ccc2c(CN3CCCNCC3)cc(F)cc21. The van der Waals surface area contributed by atoms with Gasteiger partial charge in [0.15, 0.2) is 0 Å². The van der Waals surface area contributed by atoms with E-state index in [-0.39, 0.29) is 4.90 Å². The number of hydrogen-bond acceptors (Lipinski definition) is 6. The highest BCUT2D eigenvalue weighted by molar-refractivity contribution is 7.90. The first-order valence-corrected chi connectivity index (χ1v) is 13.0. The van der Waals surface area contributed by atoms with Crippen molar-refractivity contribution in [2.45, 2.75) is 30.2 Å². The van der Waals surface area contributed by atoms with Crippen molar-refractivity contribution >= 4 is 32.9 Å². The minimum absolute atomic E-state index is 0.187. The number of carboxylic acid groups (broad SMARTS) is 2. The second-order valence-electron chi connectivity index (χ2n) is 8.41. The maximum absolute atomic E-state index is 14.3. The minimum atomic E-state index is -5.08. The molecule has 1 aromatic heterocycles. The molecule has 0 bridgehead atoms. The normalized spacial score (nSPS) is 14.7. The van der Waals surface area contributed by atoms with Crippen molar-refractivity contribution < 1.29 is 59.0 Å². The lowest BCUT2D eigenvalue weighted by Gasteiger charge is -2.20. The Hall–Kier alpha value is -3.70. The van der Waals surface area contributed by atoms with Gasteiger partial charge >= 0.3 is 24.3 Å². The molecule has 226 valence electrons. The van der Waals surface area contributed by atoms with E-state index in [1.807, 2.05) is 0 Å². The summed E-state index contributed by atoms with van der Waals surface area (Å²) in [5.41, 5.74) is 1.19. The molecule has 1 aliphatic heterocycles. The Bertz CT molecular complexity index is 1410. The molecule has 0 saturated carbocycles. The summed E-state index contributed by atoms with van der Waals surface area (Å²) in [4.78, 5) is 20.3. The van der Waals surface area contributed by atoms with Crippen LogP contribution in [0.4, 0.5) is 30.7 Å². The third-order valence-corrected chi connectivity index (χ3v) is 7.14. The van der Waals surface area contributed by atoms with Gasteiger partial charge in [-0.05, 0) is 55.4 Å². The molecule has 9 nitrogen and oxygen atoms in total. The van der Waals surface area contributed by atoms with Crippen LogP contribution in [0.15, 0.2) is 59.6 Å². The second-order valence-corrected chi connectivity index (χ2v) is 10.2. The van der Waals surface area contributed by atoms with Crippen LogP contribution in [-0.2, 0) is 26.2 Å². The third kappa shape index (κ3) is 9.72. The Balaban J connectivity index is 0.000000349. The lowest BCUT2D eigenvalue weighted by molar-refractivity contribution is -0.193. The maximum atomic E-state index is 14.3. The van der Waals surface area contributed by atoms with Gasteiger partial charge in [-0.1, -0.05) is 18.2 Å². The number of fused-ring (bicyclic) bond motifs is 1. The van der Waals surface area contributed by atoms with Crippen LogP contribution in [-0.4, -0.2) is 78.0 Å². The molecule has 1 fully saturated rings. The molecule has 1 aliphatic rings. The number of nitrogens with zero attached hydrogens (tertiary/aromatic N) is 2. The molecule has 1 saturated heterocycles. The Kier molecular flexibility index (Phi) is 11.3. The first-order valence-electron chi connectivity index (χ1n) is 11.6. The first-order chi connectivity index (χ1) is 18.9. The average Bonchev–Trinajstić information content (AvgIpc) is 3.14. The van der Waals surface area contributed by atoms with Crippen LogP contribution in [0, 0.1) is 5.82 Å².